The Labute approximate surface area is 121 Å². The molecule has 1 N–H and O–H groups in total. The first-order valence-electron chi connectivity index (χ1n) is 6.01. The van der Waals surface area contributed by atoms with Gasteiger partial charge in [0.1, 0.15) is 4.34 Å². The molecule has 19 heavy (non-hydrogen) atoms. The second kappa shape index (κ2) is 7.34. The van der Waals surface area contributed by atoms with Crippen molar-refractivity contribution in [2.45, 2.75) is 23.4 Å². The molecule has 0 atom stereocenters. The molecule has 1 aromatic carbocycles. The summed E-state index contributed by atoms with van der Waals surface area (Å²) in [6.45, 7) is 2.13. The lowest BCUT2D eigenvalue weighted by molar-refractivity contribution is 0.305. The lowest BCUT2D eigenvalue weighted by Crippen LogP contribution is -1.82. The van der Waals surface area contributed by atoms with Crippen LogP contribution in [0.25, 0.3) is 0 Å². The number of aryl methyl sites for hydroxylation is 1. The summed E-state index contributed by atoms with van der Waals surface area (Å²) in [6, 6.07) is 8.23. The van der Waals surface area contributed by atoms with Gasteiger partial charge < -0.3 is 5.11 Å². The predicted octanol–water partition coefficient (Wildman–Crippen LogP) is 3.48. The molecule has 0 saturated carbocycles. The van der Waals surface area contributed by atoms with Crippen LogP contribution in [-0.2, 0) is 5.75 Å². The van der Waals surface area contributed by atoms with Crippen LogP contribution in [0.4, 0.5) is 0 Å². The van der Waals surface area contributed by atoms with Gasteiger partial charge >= 0.3 is 0 Å². The molecule has 0 radical (unpaired) electrons. The second-order valence-electron chi connectivity index (χ2n) is 4.02. The number of hydrogen-bond acceptors (Lipinski definition) is 4. The Hall–Kier alpha value is -1.28. The Morgan fingerprint density at radius 1 is 1.32 bits per heavy atom. The Kier molecular flexibility index (Phi) is 5.46. The third-order valence-electron chi connectivity index (χ3n) is 2.38. The molecule has 0 aliphatic carbocycles. The first-order valence-corrected chi connectivity index (χ1v) is 7.88. The van der Waals surface area contributed by atoms with E-state index in [1.807, 2.05) is 19.1 Å². The van der Waals surface area contributed by atoms with E-state index < -0.39 is 0 Å². The van der Waals surface area contributed by atoms with E-state index in [0.717, 1.165) is 21.3 Å². The van der Waals surface area contributed by atoms with Gasteiger partial charge in [0.25, 0.3) is 0 Å². The second-order valence-corrected chi connectivity index (χ2v) is 6.10. The molecule has 0 fully saturated rings. The Morgan fingerprint density at radius 2 is 2.11 bits per heavy atom. The zero-order valence-corrected chi connectivity index (χ0v) is 12.4. The number of rotatable bonds is 4. The molecule has 1 heterocycles. The maximum absolute atomic E-state index is 8.66. The Balaban J connectivity index is 1.90. The van der Waals surface area contributed by atoms with Gasteiger partial charge in [-0.25, -0.2) is 4.98 Å². The highest BCUT2D eigenvalue weighted by Gasteiger charge is 2.00. The molecule has 0 aliphatic rings. The average molecular weight is 289 g/mol. The van der Waals surface area contributed by atoms with E-state index in [0.29, 0.717) is 6.42 Å². The van der Waals surface area contributed by atoms with Gasteiger partial charge in [0.15, 0.2) is 0 Å². The van der Waals surface area contributed by atoms with Gasteiger partial charge in [0, 0.05) is 28.8 Å². The van der Waals surface area contributed by atoms with Crippen LogP contribution >= 0.6 is 23.1 Å². The van der Waals surface area contributed by atoms with Crippen molar-refractivity contribution in [3.63, 3.8) is 0 Å². The van der Waals surface area contributed by atoms with Crippen LogP contribution < -0.4 is 0 Å². The van der Waals surface area contributed by atoms with Crippen molar-refractivity contribution in [3.8, 4) is 11.8 Å². The molecule has 98 valence electrons. The Morgan fingerprint density at radius 3 is 2.74 bits per heavy atom. The molecule has 2 aromatic rings. The predicted molar refractivity (Wildman–Crippen MR) is 81.4 cm³/mol. The summed E-state index contributed by atoms with van der Waals surface area (Å²) in [4.78, 5) is 4.43. The van der Waals surface area contributed by atoms with Crippen molar-refractivity contribution in [3.05, 3.63) is 46.5 Å². The van der Waals surface area contributed by atoms with Crippen LogP contribution in [0.3, 0.4) is 0 Å². The number of aliphatic hydroxyl groups is 1. The minimum absolute atomic E-state index is 0.120. The van der Waals surface area contributed by atoms with Crippen LogP contribution in [-0.4, -0.2) is 16.7 Å². The van der Waals surface area contributed by atoms with Crippen LogP contribution in [0.2, 0.25) is 0 Å². The van der Waals surface area contributed by atoms with E-state index in [2.05, 4.69) is 34.3 Å². The Bertz CT molecular complexity index is 578. The third-order valence-corrected chi connectivity index (χ3v) is 4.59. The number of benzene rings is 1. The van der Waals surface area contributed by atoms with Crippen LogP contribution in [0.15, 0.2) is 34.0 Å². The molecule has 0 unspecified atom stereocenters. The summed E-state index contributed by atoms with van der Waals surface area (Å²) < 4.78 is 1.12. The lowest BCUT2D eigenvalue weighted by atomic mass is 10.1. The van der Waals surface area contributed by atoms with Crippen molar-refractivity contribution in [1.29, 1.82) is 0 Å². The summed E-state index contributed by atoms with van der Waals surface area (Å²) in [5.74, 6) is 6.87. The molecular weight excluding hydrogens is 274 g/mol. The third kappa shape index (κ3) is 4.71. The number of thioether (sulfide) groups is 1. The van der Waals surface area contributed by atoms with Gasteiger partial charge in [0.2, 0.25) is 0 Å². The van der Waals surface area contributed by atoms with Gasteiger partial charge in [-0.1, -0.05) is 35.7 Å². The molecule has 1 aromatic heterocycles. The maximum atomic E-state index is 8.66. The maximum Gasteiger partial charge on any atom is 0.150 e. The van der Waals surface area contributed by atoms with E-state index in [1.165, 1.54) is 5.56 Å². The molecule has 0 spiro atoms. The molecule has 0 saturated heterocycles. The smallest absolute Gasteiger partial charge is 0.150 e. The van der Waals surface area contributed by atoms with Crippen molar-refractivity contribution >= 4 is 23.1 Å². The fourth-order valence-electron chi connectivity index (χ4n) is 1.45. The largest absolute Gasteiger partial charge is 0.395 e. The number of hydrogen-bond donors (Lipinski definition) is 1. The summed E-state index contributed by atoms with van der Waals surface area (Å²) >= 11 is 3.45. The highest BCUT2D eigenvalue weighted by Crippen LogP contribution is 2.25. The van der Waals surface area contributed by atoms with E-state index in [9.17, 15) is 0 Å². The number of thiazole rings is 1. The topological polar surface area (TPSA) is 33.1 Å². The normalized spacial score (nSPS) is 10.0. The van der Waals surface area contributed by atoms with Crippen molar-refractivity contribution in [2.75, 3.05) is 6.61 Å². The summed E-state index contributed by atoms with van der Waals surface area (Å²) in [5, 5.41) is 10.7. The minimum Gasteiger partial charge on any atom is -0.395 e. The van der Waals surface area contributed by atoms with Crippen molar-refractivity contribution < 1.29 is 5.11 Å². The van der Waals surface area contributed by atoms with Gasteiger partial charge in [-0.05, 0) is 24.6 Å². The zero-order valence-electron chi connectivity index (χ0n) is 10.7. The van der Waals surface area contributed by atoms with Gasteiger partial charge in [0.05, 0.1) is 6.61 Å². The molecular formula is C15H15NOS2. The summed E-state index contributed by atoms with van der Waals surface area (Å²) in [5.41, 5.74) is 3.35. The molecule has 4 heteroatoms. The number of aromatic nitrogens is 1. The average Bonchev–Trinajstić information content (AvgIpc) is 2.84. The fraction of sp³-hybridized carbons (Fsp3) is 0.267. The lowest BCUT2D eigenvalue weighted by Gasteiger charge is -1.99. The van der Waals surface area contributed by atoms with E-state index in [-0.39, 0.29) is 6.61 Å². The summed E-state index contributed by atoms with van der Waals surface area (Å²) in [6.07, 6.45) is 0.529. The first-order chi connectivity index (χ1) is 9.28. The van der Waals surface area contributed by atoms with Crippen molar-refractivity contribution in [1.82, 2.24) is 4.98 Å². The van der Waals surface area contributed by atoms with E-state index in [1.54, 1.807) is 23.1 Å². The standard InChI is InChI=1S/C15H15NOS2/c1-12-10-18-15(16-12)19-11-14-7-5-13(6-8-14)4-2-3-9-17/h5-8,10,17H,3,9,11H2,1H3. The van der Waals surface area contributed by atoms with Gasteiger partial charge in [-0.2, -0.15) is 0 Å². The molecule has 0 bridgehead atoms. The number of aliphatic hydroxyl groups excluding tert-OH is 1. The highest BCUT2D eigenvalue weighted by molar-refractivity contribution is 8.00. The van der Waals surface area contributed by atoms with Crippen molar-refractivity contribution in [2.24, 2.45) is 0 Å². The highest BCUT2D eigenvalue weighted by atomic mass is 32.2. The van der Waals surface area contributed by atoms with E-state index >= 15 is 0 Å². The van der Waals surface area contributed by atoms with Crippen LogP contribution in [0, 0.1) is 18.8 Å². The molecule has 2 rings (SSSR count). The first kappa shape index (κ1) is 14.1. The quantitative estimate of drug-likeness (QED) is 0.691. The minimum atomic E-state index is 0.120. The van der Waals surface area contributed by atoms with Gasteiger partial charge in [-0.3, -0.25) is 0 Å². The van der Waals surface area contributed by atoms with Crippen LogP contribution in [0.1, 0.15) is 23.2 Å². The molecule has 0 amide bonds. The molecule has 2 nitrogen and oxygen atoms in total. The zero-order chi connectivity index (χ0) is 13.5. The van der Waals surface area contributed by atoms with E-state index in [4.69, 9.17) is 5.11 Å². The van der Waals surface area contributed by atoms with Gasteiger partial charge in [-0.15, -0.1) is 11.3 Å². The fourth-order valence-corrected chi connectivity index (χ4v) is 3.25. The number of nitrogens with zero attached hydrogens (tertiary/aromatic N) is 1. The van der Waals surface area contributed by atoms with Crippen LogP contribution in [0.5, 0.6) is 0 Å². The molecule has 0 aliphatic heterocycles. The monoisotopic (exact) mass is 289 g/mol. The SMILES string of the molecule is Cc1csc(SCc2ccc(C#CCCO)cc2)n1. The summed E-state index contributed by atoms with van der Waals surface area (Å²) in [7, 11) is 0.